The first-order valence-corrected chi connectivity index (χ1v) is 9.71. The summed E-state index contributed by atoms with van der Waals surface area (Å²) >= 11 is 0. The number of piperazine rings is 1. The maximum Gasteiger partial charge on any atom is 0.321 e. The van der Waals surface area contributed by atoms with Gasteiger partial charge in [-0.15, -0.1) is 0 Å². The predicted molar refractivity (Wildman–Crippen MR) is 111 cm³/mol. The third kappa shape index (κ3) is 3.86. The maximum absolute atomic E-state index is 12.6. The number of fused-ring (bicyclic) bond motifs is 1. The molecule has 2 aliphatic heterocycles. The van der Waals surface area contributed by atoms with Gasteiger partial charge in [-0.2, -0.15) is 0 Å². The molecule has 148 valence electrons. The van der Waals surface area contributed by atoms with Crippen LogP contribution < -0.4 is 19.7 Å². The van der Waals surface area contributed by atoms with Crippen LogP contribution in [0.4, 0.5) is 16.2 Å². The number of carbonyl (C=O) groups excluding carboxylic acids is 1. The van der Waals surface area contributed by atoms with Crippen molar-refractivity contribution in [3.63, 3.8) is 0 Å². The van der Waals surface area contributed by atoms with Crippen LogP contribution in [0, 0.1) is 0 Å². The first-order valence-electron chi connectivity index (χ1n) is 9.71. The van der Waals surface area contributed by atoms with Gasteiger partial charge in [-0.25, -0.2) is 4.79 Å². The van der Waals surface area contributed by atoms with Crippen molar-refractivity contribution in [3.05, 3.63) is 48.0 Å². The molecule has 0 aromatic heterocycles. The number of ether oxygens (including phenoxy) is 2. The van der Waals surface area contributed by atoms with E-state index in [0.717, 1.165) is 18.8 Å². The highest BCUT2D eigenvalue weighted by molar-refractivity contribution is 5.90. The van der Waals surface area contributed by atoms with Crippen LogP contribution in [0.1, 0.15) is 26.3 Å². The molecule has 0 unspecified atom stereocenters. The highest BCUT2D eigenvalue weighted by Crippen LogP contribution is 2.34. The summed E-state index contributed by atoms with van der Waals surface area (Å²) in [6.07, 6.45) is 0. The molecular weight excluding hydrogens is 354 g/mol. The molecule has 6 heteroatoms. The standard InChI is InChI=1S/C22H27N3O3/c1-22(2,3)16-4-7-18(8-5-16)24-10-12-25(13-11-24)21(26)23-17-6-9-19-20(14-17)28-15-27-19/h4-9,14H,10-13,15H2,1-3H3,(H,23,26). The lowest BCUT2D eigenvalue weighted by Crippen LogP contribution is -2.50. The molecule has 0 atom stereocenters. The molecule has 2 aliphatic rings. The van der Waals surface area contributed by atoms with Gasteiger partial charge in [-0.05, 0) is 35.2 Å². The second-order valence-corrected chi connectivity index (χ2v) is 8.27. The summed E-state index contributed by atoms with van der Waals surface area (Å²) in [5.41, 5.74) is 3.42. The molecule has 0 aliphatic carbocycles. The monoisotopic (exact) mass is 381 g/mol. The lowest BCUT2D eigenvalue weighted by molar-refractivity contribution is 0.174. The quantitative estimate of drug-likeness (QED) is 0.852. The highest BCUT2D eigenvalue weighted by atomic mass is 16.7. The van der Waals surface area contributed by atoms with Gasteiger partial charge in [-0.3, -0.25) is 0 Å². The third-order valence-corrected chi connectivity index (χ3v) is 5.29. The highest BCUT2D eigenvalue weighted by Gasteiger charge is 2.23. The van der Waals surface area contributed by atoms with Crippen LogP contribution in [0.5, 0.6) is 11.5 Å². The minimum Gasteiger partial charge on any atom is -0.454 e. The van der Waals surface area contributed by atoms with Crippen molar-refractivity contribution in [2.75, 3.05) is 43.2 Å². The normalized spacial score (nSPS) is 16.2. The van der Waals surface area contributed by atoms with E-state index in [1.807, 2.05) is 17.0 Å². The van der Waals surface area contributed by atoms with E-state index in [2.05, 4.69) is 55.3 Å². The minimum absolute atomic E-state index is 0.0819. The fourth-order valence-electron chi connectivity index (χ4n) is 3.52. The number of benzene rings is 2. The fraction of sp³-hybridized carbons (Fsp3) is 0.409. The molecule has 1 saturated heterocycles. The van der Waals surface area contributed by atoms with Crippen LogP contribution in [-0.2, 0) is 5.41 Å². The van der Waals surface area contributed by atoms with Crippen molar-refractivity contribution in [2.24, 2.45) is 0 Å². The van der Waals surface area contributed by atoms with Crippen molar-refractivity contribution in [3.8, 4) is 11.5 Å². The number of nitrogens with zero attached hydrogens (tertiary/aromatic N) is 2. The van der Waals surface area contributed by atoms with Crippen molar-refractivity contribution < 1.29 is 14.3 Å². The molecule has 2 amide bonds. The predicted octanol–water partition coefficient (Wildman–Crippen LogP) is 4.07. The summed E-state index contributed by atoms with van der Waals surface area (Å²) in [6.45, 7) is 9.92. The number of hydrogen-bond acceptors (Lipinski definition) is 4. The second kappa shape index (κ2) is 7.26. The Hall–Kier alpha value is -2.89. The van der Waals surface area contributed by atoms with Gasteiger partial charge in [0.2, 0.25) is 6.79 Å². The zero-order valence-electron chi connectivity index (χ0n) is 16.7. The van der Waals surface area contributed by atoms with Crippen LogP contribution in [0.15, 0.2) is 42.5 Å². The van der Waals surface area contributed by atoms with E-state index < -0.39 is 0 Å². The van der Waals surface area contributed by atoms with Crippen LogP contribution in [-0.4, -0.2) is 43.9 Å². The van der Waals surface area contributed by atoms with Gasteiger partial charge in [0.05, 0.1) is 0 Å². The van der Waals surface area contributed by atoms with E-state index in [0.29, 0.717) is 24.6 Å². The Bertz CT molecular complexity index is 850. The maximum atomic E-state index is 12.6. The summed E-state index contributed by atoms with van der Waals surface area (Å²) in [5.74, 6) is 1.38. The Balaban J connectivity index is 1.33. The smallest absolute Gasteiger partial charge is 0.321 e. The van der Waals surface area contributed by atoms with Gasteiger partial charge in [0.15, 0.2) is 11.5 Å². The summed E-state index contributed by atoms with van der Waals surface area (Å²) < 4.78 is 10.7. The molecule has 0 saturated carbocycles. The largest absolute Gasteiger partial charge is 0.454 e. The molecular formula is C22H27N3O3. The molecule has 28 heavy (non-hydrogen) atoms. The second-order valence-electron chi connectivity index (χ2n) is 8.27. The van der Waals surface area contributed by atoms with Crippen LogP contribution >= 0.6 is 0 Å². The Morgan fingerprint density at radius 3 is 2.29 bits per heavy atom. The molecule has 6 nitrogen and oxygen atoms in total. The van der Waals surface area contributed by atoms with Crippen LogP contribution in [0.3, 0.4) is 0 Å². The third-order valence-electron chi connectivity index (χ3n) is 5.29. The van der Waals surface area contributed by atoms with Gasteiger partial charge >= 0.3 is 6.03 Å². The lowest BCUT2D eigenvalue weighted by Gasteiger charge is -2.36. The number of anilines is 2. The molecule has 2 aromatic carbocycles. The van der Waals surface area contributed by atoms with Crippen molar-refractivity contribution in [1.29, 1.82) is 0 Å². The number of carbonyl (C=O) groups is 1. The fourth-order valence-corrected chi connectivity index (χ4v) is 3.52. The van der Waals surface area contributed by atoms with Gasteiger partial charge in [0.1, 0.15) is 0 Å². The number of rotatable bonds is 2. The molecule has 2 aromatic rings. The van der Waals surface area contributed by atoms with Crippen LogP contribution in [0.2, 0.25) is 0 Å². The zero-order valence-corrected chi connectivity index (χ0v) is 16.7. The van der Waals surface area contributed by atoms with Gasteiger partial charge in [-0.1, -0.05) is 32.9 Å². The van der Waals surface area contributed by atoms with Gasteiger partial charge in [0.25, 0.3) is 0 Å². The molecule has 4 rings (SSSR count). The zero-order chi connectivity index (χ0) is 19.7. The number of nitrogens with one attached hydrogen (secondary N) is 1. The average molecular weight is 381 g/mol. The Morgan fingerprint density at radius 1 is 0.929 bits per heavy atom. The average Bonchev–Trinajstić information content (AvgIpc) is 3.15. The Labute approximate surface area is 166 Å². The summed E-state index contributed by atoms with van der Waals surface area (Å²) in [4.78, 5) is 16.8. The Kier molecular flexibility index (Phi) is 4.79. The van der Waals surface area contributed by atoms with Crippen molar-refractivity contribution in [1.82, 2.24) is 4.90 Å². The number of hydrogen-bond donors (Lipinski definition) is 1. The summed E-state index contributed by atoms with van der Waals surface area (Å²) in [7, 11) is 0. The Morgan fingerprint density at radius 2 is 1.61 bits per heavy atom. The first-order chi connectivity index (χ1) is 13.4. The molecule has 1 fully saturated rings. The lowest BCUT2D eigenvalue weighted by atomic mass is 9.87. The van der Waals surface area contributed by atoms with E-state index in [4.69, 9.17) is 9.47 Å². The van der Waals surface area contributed by atoms with Gasteiger partial charge in [0, 0.05) is 43.6 Å². The topological polar surface area (TPSA) is 54.0 Å². The van der Waals surface area contributed by atoms with Crippen molar-refractivity contribution >= 4 is 17.4 Å². The number of amides is 2. The molecule has 0 bridgehead atoms. The molecule has 2 heterocycles. The first kappa shape index (κ1) is 18.5. The van der Waals surface area contributed by atoms with E-state index in [1.165, 1.54) is 11.3 Å². The van der Waals surface area contributed by atoms with E-state index in [9.17, 15) is 4.79 Å². The molecule has 0 radical (unpaired) electrons. The summed E-state index contributed by atoms with van der Waals surface area (Å²) in [5, 5.41) is 2.95. The number of urea groups is 1. The van der Waals surface area contributed by atoms with E-state index >= 15 is 0 Å². The SMILES string of the molecule is CC(C)(C)c1ccc(N2CCN(C(=O)Nc3ccc4c(c3)OCO4)CC2)cc1. The molecule has 1 N–H and O–H groups in total. The minimum atomic E-state index is -0.0819. The van der Waals surface area contributed by atoms with Gasteiger partial charge < -0.3 is 24.6 Å². The summed E-state index contributed by atoms with van der Waals surface area (Å²) in [6, 6.07) is 14.1. The van der Waals surface area contributed by atoms with Crippen LogP contribution in [0.25, 0.3) is 0 Å². The van der Waals surface area contributed by atoms with E-state index in [1.54, 1.807) is 6.07 Å². The van der Waals surface area contributed by atoms with Crippen molar-refractivity contribution in [2.45, 2.75) is 26.2 Å². The molecule has 0 spiro atoms. The van der Waals surface area contributed by atoms with E-state index in [-0.39, 0.29) is 18.2 Å².